The van der Waals surface area contributed by atoms with Crippen molar-refractivity contribution >= 4 is 23.2 Å². The Labute approximate surface area is 111 Å². The molecular weight excluding hydrogens is 255 g/mol. The van der Waals surface area contributed by atoms with Crippen LogP contribution in [0.1, 0.15) is 11.1 Å². The lowest BCUT2D eigenvalue weighted by atomic mass is 10.2. The Morgan fingerprint density at radius 2 is 1.65 bits per heavy atom. The molecule has 0 aromatic heterocycles. The highest BCUT2D eigenvalue weighted by Gasteiger charge is 2.00. The van der Waals surface area contributed by atoms with E-state index < -0.39 is 0 Å². The van der Waals surface area contributed by atoms with Crippen LogP contribution in [0, 0.1) is 6.92 Å². The molecule has 2 rings (SSSR count). The van der Waals surface area contributed by atoms with Gasteiger partial charge in [0.15, 0.2) is 0 Å². The summed E-state index contributed by atoms with van der Waals surface area (Å²) in [6.45, 7) is 2.59. The van der Waals surface area contributed by atoms with E-state index in [1.807, 2.05) is 18.2 Å². The van der Waals surface area contributed by atoms with Gasteiger partial charge in [-0.25, -0.2) is 0 Å². The molecule has 1 nitrogen and oxygen atoms in total. The van der Waals surface area contributed by atoms with E-state index in [2.05, 4.69) is 19.1 Å². The molecule has 0 bridgehead atoms. The second-order valence-electron chi connectivity index (χ2n) is 3.85. The van der Waals surface area contributed by atoms with Gasteiger partial charge in [-0.1, -0.05) is 53.0 Å². The molecule has 88 valence electrons. The highest BCUT2D eigenvalue weighted by Crippen LogP contribution is 2.26. The number of hydrogen-bond acceptors (Lipinski definition) is 1. The van der Waals surface area contributed by atoms with Crippen molar-refractivity contribution in [2.75, 3.05) is 0 Å². The highest BCUT2D eigenvalue weighted by atomic mass is 35.5. The summed E-state index contributed by atoms with van der Waals surface area (Å²) < 4.78 is 5.62. The van der Waals surface area contributed by atoms with E-state index in [-0.39, 0.29) is 0 Å². The highest BCUT2D eigenvalue weighted by molar-refractivity contribution is 6.42. The average Bonchev–Trinajstić information content (AvgIpc) is 2.33. The summed E-state index contributed by atoms with van der Waals surface area (Å²) in [4.78, 5) is 0. The van der Waals surface area contributed by atoms with Crippen LogP contribution in [-0.4, -0.2) is 0 Å². The maximum absolute atomic E-state index is 5.90. The lowest BCUT2D eigenvalue weighted by molar-refractivity contribution is 0.306. The lowest BCUT2D eigenvalue weighted by Crippen LogP contribution is -1.95. The van der Waals surface area contributed by atoms with Crippen LogP contribution in [0.3, 0.4) is 0 Å². The van der Waals surface area contributed by atoms with Gasteiger partial charge in [-0.3, -0.25) is 0 Å². The quantitative estimate of drug-likeness (QED) is 0.770. The van der Waals surface area contributed by atoms with Crippen LogP contribution in [0.4, 0.5) is 0 Å². The van der Waals surface area contributed by atoms with Gasteiger partial charge >= 0.3 is 0 Å². The summed E-state index contributed by atoms with van der Waals surface area (Å²) in [5, 5.41) is 1.04. The first-order chi connectivity index (χ1) is 8.15. The minimum absolute atomic E-state index is 0.507. The number of ether oxygens (including phenoxy) is 1. The van der Waals surface area contributed by atoms with Crippen molar-refractivity contribution in [3.63, 3.8) is 0 Å². The van der Waals surface area contributed by atoms with Crippen molar-refractivity contribution < 1.29 is 4.74 Å². The molecule has 0 fully saturated rings. The van der Waals surface area contributed by atoms with Gasteiger partial charge in [-0.2, -0.15) is 0 Å². The fourth-order valence-corrected chi connectivity index (χ4v) is 1.71. The molecule has 0 aliphatic heterocycles. The third kappa shape index (κ3) is 3.39. The van der Waals surface area contributed by atoms with E-state index in [1.54, 1.807) is 12.1 Å². The summed E-state index contributed by atoms with van der Waals surface area (Å²) in [5.74, 6) is 0.722. The maximum atomic E-state index is 5.90. The third-order valence-corrected chi connectivity index (χ3v) is 3.16. The molecule has 0 saturated heterocycles. The van der Waals surface area contributed by atoms with E-state index in [0.717, 1.165) is 11.3 Å². The summed E-state index contributed by atoms with van der Waals surface area (Å²) in [7, 11) is 0. The van der Waals surface area contributed by atoms with Gasteiger partial charge in [0, 0.05) is 6.07 Å². The number of hydrogen-bond donors (Lipinski definition) is 0. The van der Waals surface area contributed by atoms with E-state index in [1.165, 1.54) is 5.56 Å². The normalized spacial score (nSPS) is 10.3. The van der Waals surface area contributed by atoms with Gasteiger partial charge in [-0.05, 0) is 24.6 Å². The van der Waals surface area contributed by atoms with Gasteiger partial charge < -0.3 is 4.74 Å². The summed E-state index contributed by atoms with van der Waals surface area (Å²) in [5.41, 5.74) is 2.37. The van der Waals surface area contributed by atoms with E-state index in [0.29, 0.717) is 16.7 Å². The molecule has 0 aliphatic rings. The van der Waals surface area contributed by atoms with Crippen LogP contribution in [0.2, 0.25) is 10.0 Å². The molecule has 2 aromatic rings. The fourth-order valence-electron chi connectivity index (χ4n) is 1.42. The molecule has 0 amide bonds. The summed E-state index contributed by atoms with van der Waals surface area (Å²) in [6, 6.07) is 13.5. The van der Waals surface area contributed by atoms with Gasteiger partial charge in [-0.15, -0.1) is 0 Å². The Morgan fingerprint density at radius 3 is 2.29 bits per heavy atom. The van der Waals surface area contributed by atoms with Crippen molar-refractivity contribution in [1.29, 1.82) is 0 Å². The second-order valence-corrected chi connectivity index (χ2v) is 4.66. The van der Waals surface area contributed by atoms with Crippen LogP contribution in [0.25, 0.3) is 0 Å². The zero-order valence-corrected chi connectivity index (χ0v) is 10.9. The first-order valence-corrected chi connectivity index (χ1v) is 6.04. The van der Waals surface area contributed by atoms with Gasteiger partial charge in [0.05, 0.1) is 10.0 Å². The lowest BCUT2D eigenvalue weighted by Gasteiger charge is -2.07. The monoisotopic (exact) mass is 266 g/mol. The van der Waals surface area contributed by atoms with Crippen LogP contribution in [-0.2, 0) is 6.61 Å². The Kier molecular flexibility index (Phi) is 3.93. The molecule has 0 radical (unpaired) electrons. The number of rotatable bonds is 3. The van der Waals surface area contributed by atoms with Gasteiger partial charge in [0.25, 0.3) is 0 Å². The molecule has 0 aliphatic carbocycles. The van der Waals surface area contributed by atoms with Crippen LogP contribution in [0.5, 0.6) is 5.75 Å². The topological polar surface area (TPSA) is 9.23 Å². The minimum atomic E-state index is 0.507. The first-order valence-electron chi connectivity index (χ1n) is 5.28. The predicted octanol–water partition coefficient (Wildman–Crippen LogP) is 4.88. The second kappa shape index (κ2) is 5.44. The SMILES string of the molecule is Cc1ccc(COc2ccc(Cl)c(Cl)c2)cc1. The standard InChI is InChI=1S/C14H12Cl2O/c1-10-2-4-11(5-3-10)9-17-12-6-7-13(15)14(16)8-12/h2-8H,9H2,1H3. The van der Waals surface area contributed by atoms with Crippen LogP contribution < -0.4 is 4.74 Å². The van der Waals surface area contributed by atoms with E-state index >= 15 is 0 Å². The molecule has 0 spiro atoms. The zero-order chi connectivity index (χ0) is 12.3. The Bertz CT molecular complexity index is 506. The largest absolute Gasteiger partial charge is 0.489 e. The van der Waals surface area contributed by atoms with Crippen LogP contribution in [0.15, 0.2) is 42.5 Å². The Morgan fingerprint density at radius 1 is 0.941 bits per heavy atom. The van der Waals surface area contributed by atoms with Crippen LogP contribution >= 0.6 is 23.2 Å². The van der Waals surface area contributed by atoms with Crippen molar-refractivity contribution in [2.45, 2.75) is 13.5 Å². The Hall–Kier alpha value is -1.18. The van der Waals surface area contributed by atoms with E-state index in [9.17, 15) is 0 Å². The first kappa shape index (κ1) is 12.3. The smallest absolute Gasteiger partial charge is 0.121 e. The number of halogens is 2. The zero-order valence-electron chi connectivity index (χ0n) is 9.41. The molecule has 17 heavy (non-hydrogen) atoms. The molecular formula is C14H12Cl2O. The predicted molar refractivity (Wildman–Crippen MR) is 72.0 cm³/mol. The van der Waals surface area contributed by atoms with Gasteiger partial charge in [0.2, 0.25) is 0 Å². The van der Waals surface area contributed by atoms with Gasteiger partial charge in [0.1, 0.15) is 12.4 Å². The fraction of sp³-hybridized carbons (Fsp3) is 0.143. The Balaban J connectivity index is 2.02. The summed E-state index contributed by atoms with van der Waals surface area (Å²) in [6.07, 6.45) is 0. The van der Waals surface area contributed by atoms with Crippen molar-refractivity contribution in [3.8, 4) is 5.75 Å². The number of benzene rings is 2. The average molecular weight is 267 g/mol. The summed E-state index contributed by atoms with van der Waals surface area (Å²) >= 11 is 11.7. The molecule has 2 aromatic carbocycles. The van der Waals surface area contributed by atoms with Crippen molar-refractivity contribution in [2.24, 2.45) is 0 Å². The molecule has 0 atom stereocenters. The number of aryl methyl sites for hydroxylation is 1. The molecule has 0 unspecified atom stereocenters. The molecule has 0 N–H and O–H groups in total. The minimum Gasteiger partial charge on any atom is -0.489 e. The van der Waals surface area contributed by atoms with Crippen molar-refractivity contribution in [3.05, 3.63) is 63.6 Å². The van der Waals surface area contributed by atoms with Crippen molar-refractivity contribution in [1.82, 2.24) is 0 Å². The maximum Gasteiger partial charge on any atom is 0.121 e. The van der Waals surface area contributed by atoms with E-state index in [4.69, 9.17) is 27.9 Å². The third-order valence-electron chi connectivity index (χ3n) is 2.42. The molecule has 0 heterocycles. The molecule has 0 saturated carbocycles. The molecule has 3 heteroatoms.